The van der Waals surface area contributed by atoms with Gasteiger partial charge in [-0.25, -0.2) is 0 Å². The molecule has 1 aliphatic carbocycles. The van der Waals surface area contributed by atoms with Crippen molar-refractivity contribution in [1.29, 1.82) is 0 Å². The third kappa shape index (κ3) is 4.14. The third-order valence-corrected chi connectivity index (χ3v) is 4.74. The quantitative estimate of drug-likeness (QED) is 0.573. The zero-order valence-electron chi connectivity index (χ0n) is 14.4. The lowest BCUT2D eigenvalue weighted by molar-refractivity contribution is -0.384. The zero-order chi connectivity index (χ0) is 18.7. The van der Waals surface area contributed by atoms with Crippen molar-refractivity contribution in [3.05, 3.63) is 68.7 Å². The van der Waals surface area contributed by atoms with Crippen molar-refractivity contribution in [3.63, 3.8) is 0 Å². The minimum Gasteiger partial charge on any atom is -0.377 e. The topological polar surface area (TPSA) is 75.5 Å². The van der Waals surface area contributed by atoms with Crippen molar-refractivity contribution >= 4 is 28.9 Å². The van der Waals surface area contributed by atoms with Gasteiger partial charge in [-0.15, -0.1) is 0 Å². The van der Waals surface area contributed by atoms with E-state index in [-0.39, 0.29) is 11.6 Å². The van der Waals surface area contributed by atoms with Gasteiger partial charge in [0.25, 0.3) is 11.6 Å². The lowest BCUT2D eigenvalue weighted by atomic mass is 10.1. The van der Waals surface area contributed by atoms with Gasteiger partial charge in [0.2, 0.25) is 0 Å². The molecule has 1 aliphatic rings. The Hall–Kier alpha value is -2.60. The van der Waals surface area contributed by atoms with Crippen molar-refractivity contribution in [3.8, 4) is 0 Å². The Bertz CT molecular complexity index is 837. The smallest absolute Gasteiger partial charge is 0.293 e. The second kappa shape index (κ2) is 7.74. The molecule has 0 aromatic heterocycles. The maximum absolute atomic E-state index is 12.9. The Morgan fingerprint density at radius 2 is 2.04 bits per heavy atom. The van der Waals surface area contributed by atoms with Crippen LogP contribution in [0.25, 0.3) is 0 Å². The number of hydrogen-bond donors (Lipinski definition) is 1. The highest BCUT2D eigenvalue weighted by molar-refractivity contribution is 6.31. The van der Waals surface area contributed by atoms with E-state index in [2.05, 4.69) is 5.32 Å². The number of halogens is 1. The maximum Gasteiger partial charge on any atom is 0.293 e. The number of nitro benzene ring substituents is 1. The molecule has 0 aliphatic heterocycles. The highest BCUT2D eigenvalue weighted by atomic mass is 35.5. The zero-order valence-corrected chi connectivity index (χ0v) is 15.2. The van der Waals surface area contributed by atoms with Gasteiger partial charge in [-0.2, -0.15) is 0 Å². The minimum atomic E-state index is -0.453. The van der Waals surface area contributed by atoms with Crippen LogP contribution in [0.2, 0.25) is 5.02 Å². The van der Waals surface area contributed by atoms with Gasteiger partial charge in [0.15, 0.2) is 0 Å². The molecule has 0 atom stereocenters. The molecule has 3 rings (SSSR count). The lowest BCUT2D eigenvalue weighted by Crippen LogP contribution is -2.30. The van der Waals surface area contributed by atoms with Crippen LogP contribution >= 0.6 is 11.6 Å². The van der Waals surface area contributed by atoms with Gasteiger partial charge in [-0.3, -0.25) is 14.9 Å². The number of carbonyl (C=O) groups excluding carboxylic acids is 1. The van der Waals surface area contributed by atoms with Crippen molar-refractivity contribution < 1.29 is 9.72 Å². The first-order valence-electron chi connectivity index (χ1n) is 8.57. The molecule has 26 heavy (non-hydrogen) atoms. The number of anilines is 1. The summed E-state index contributed by atoms with van der Waals surface area (Å²) in [6.07, 6.45) is 2.03. The molecule has 1 N–H and O–H groups in total. The maximum atomic E-state index is 12.9. The van der Waals surface area contributed by atoms with Crippen molar-refractivity contribution in [1.82, 2.24) is 4.90 Å². The highest BCUT2D eigenvalue weighted by Crippen LogP contribution is 2.32. The molecule has 0 heterocycles. The fourth-order valence-corrected chi connectivity index (χ4v) is 2.92. The lowest BCUT2D eigenvalue weighted by Gasteiger charge is -2.22. The number of benzene rings is 2. The molecule has 136 valence electrons. The molecule has 0 radical (unpaired) electrons. The van der Waals surface area contributed by atoms with E-state index >= 15 is 0 Å². The summed E-state index contributed by atoms with van der Waals surface area (Å²) >= 11 is 6.18. The molecule has 1 saturated carbocycles. The van der Waals surface area contributed by atoms with Gasteiger partial charge in [0, 0.05) is 35.8 Å². The molecule has 1 fully saturated rings. The van der Waals surface area contributed by atoms with Gasteiger partial charge >= 0.3 is 0 Å². The SMILES string of the molecule is CCN(Cc1ccccc1Cl)C(=O)c1ccc(NC2CC2)c([N+](=O)[O-])c1. The summed E-state index contributed by atoms with van der Waals surface area (Å²) in [4.78, 5) is 25.4. The van der Waals surface area contributed by atoms with Crippen molar-refractivity contribution in [2.45, 2.75) is 32.4 Å². The summed E-state index contributed by atoms with van der Waals surface area (Å²) in [6, 6.07) is 12.2. The Kier molecular flexibility index (Phi) is 5.42. The van der Waals surface area contributed by atoms with Crippen LogP contribution in [0, 0.1) is 10.1 Å². The van der Waals surface area contributed by atoms with Crippen molar-refractivity contribution in [2.24, 2.45) is 0 Å². The Morgan fingerprint density at radius 3 is 2.65 bits per heavy atom. The average Bonchev–Trinajstić information content (AvgIpc) is 3.44. The van der Waals surface area contributed by atoms with Crippen LogP contribution < -0.4 is 5.32 Å². The number of amides is 1. The largest absolute Gasteiger partial charge is 0.377 e. The summed E-state index contributed by atoms with van der Waals surface area (Å²) in [5, 5.41) is 15.1. The van der Waals surface area contributed by atoms with E-state index in [4.69, 9.17) is 11.6 Å². The van der Waals surface area contributed by atoms with Crippen LogP contribution in [0.15, 0.2) is 42.5 Å². The Morgan fingerprint density at radius 1 is 1.31 bits per heavy atom. The van der Waals surface area contributed by atoms with E-state index in [1.54, 1.807) is 23.1 Å². The molecule has 7 heteroatoms. The van der Waals surface area contributed by atoms with Gasteiger partial charge in [0.05, 0.1) is 4.92 Å². The minimum absolute atomic E-state index is 0.0726. The number of carbonyl (C=O) groups is 1. The molecule has 2 aromatic rings. The number of nitro groups is 1. The van der Waals surface area contributed by atoms with E-state index < -0.39 is 4.92 Å². The van der Waals surface area contributed by atoms with Gasteiger partial charge in [-0.1, -0.05) is 29.8 Å². The fraction of sp³-hybridized carbons (Fsp3) is 0.316. The second-order valence-electron chi connectivity index (χ2n) is 6.32. The van der Waals surface area contributed by atoms with Gasteiger partial charge in [-0.05, 0) is 43.5 Å². The van der Waals surface area contributed by atoms with Gasteiger partial charge in [0.1, 0.15) is 5.69 Å². The Labute approximate surface area is 156 Å². The van der Waals surface area contributed by atoms with Crippen LogP contribution in [0.5, 0.6) is 0 Å². The van der Waals surface area contributed by atoms with Crippen LogP contribution in [0.3, 0.4) is 0 Å². The number of hydrogen-bond acceptors (Lipinski definition) is 4. The highest BCUT2D eigenvalue weighted by Gasteiger charge is 2.26. The monoisotopic (exact) mass is 373 g/mol. The van der Waals surface area contributed by atoms with E-state index in [0.717, 1.165) is 18.4 Å². The summed E-state index contributed by atoms with van der Waals surface area (Å²) < 4.78 is 0. The summed E-state index contributed by atoms with van der Waals surface area (Å²) in [6.45, 7) is 2.69. The predicted molar refractivity (Wildman–Crippen MR) is 102 cm³/mol. The molecule has 0 spiro atoms. The Balaban J connectivity index is 1.83. The number of nitrogens with zero attached hydrogens (tertiary/aromatic N) is 2. The van der Waals surface area contributed by atoms with Crippen molar-refractivity contribution in [2.75, 3.05) is 11.9 Å². The number of nitrogens with one attached hydrogen (secondary N) is 1. The van der Waals surface area contributed by atoms with Crippen LogP contribution in [0.1, 0.15) is 35.7 Å². The molecule has 0 saturated heterocycles. The first kappa shape index (κ1) is 18.2. The summed E-state index contributed by atoms with van der Waals surface area (Å²) in [5.74, 6) is -0.256. The van der Waals surface area contributed by atoms with Crippen LogP contribution in [-0.4, -0.2) is 28.3 Å². The second-order valence-corrected chi connectivity index (χ2v) is 6.73. The molecule has 6 nitrogen and oxygen atoms in total. The van der Waals surface area contributed by atoms with E-state index in [9.17, 15) is 14.9 Å². The van der Waals surface area contributed by atoms with E-state index in [0.29, 0.717) is 35.4 Å². The van der Waals surface area contributed by atoms with Crippen LogP contribution in [0.4, 0.5) is 11.4 Å². The fourth-order valence-electron chi connectivity index (χ4n) is 2.73. The molecule has 0 unspecified atom stereocenters. The van der Waals surface area contributed by atoms with Gasteiger partial charge < -0.3 is 10.2 Å². The van der Waals surface area contributed by atoms with E-state index in [1.165, 1.54) is 6.07 Å². The molecule has 0 bridgehead atoms. The normalized spacial score (nSPS) is 13.3. The average molecular weight is 374 g/mol. The first-order valence-corrected chi connectivity index (χ1v) is 8.95. The molecule has 2 aromatic carbocycles. The summed E-state index contributed by atoms with van der Waals surface area (Å²) in [5.41, 5.74) is 1.53. The molecular weight excluding hydrogens is 354 g/mol. The third-order valence-electron chi connectivity index (χ3n) is 4.37. The predicted octanol–water partition coefficient (Wildman–Crippen LogP) is 4.48. The standard InChI is InChI=1S/C19H20ClN3O3/c1-2-22(12-14-5-3-4-6-16(14)20)19(24)13-7-10-17(21-15-8-9-15)18(11-13)23(25)26/h3-7,10-11,15,21H,2,8-9,12H2,1H3. The molecular formula is C19H20ClN3O3. The summed E-state index contributed by atoms with van der Waals surface area (Å²) in [7, 11) is 0. The number of rotatable bonds is 7. The van der Waals surface area contributed by atoms with Crippen LogP contribution in [-0.2, 0) is 6.54 Å². The van der Waals surface area contributed by atoms with E-state index in [1.807, 2.05) is 25.1 Å². The first-order chi connectivity index (χ1) is 12.5. The molecule has 1 amide bonds.